The Labute approximate surface area is 135 Å². The summed E-state index contributed by atoms with van der Waals surface area (Å²) in [5.74, 6) is 1.84. The van der Waals surface area contributed by atoms with Gasteiger partial charge in [0.1, 0.15) is 16.8 Å². The maximum atomic E-state index is 6.36. The molecule has 1 aromatic rings. The van der Waals surface area contributed by atoms with Crippen LogP contribution in [0.2, 0.25) is 5.15 Å². The topological polar surface area (TPSA) is 29.0 Å². The maximum Gasteiger partial charge on any atom is 0.137 e. The summed E-state index contributed by atoms with van der Waals surface area (Å²) in [5.41, 5.74) is 0.907. The molecule has 0 amide bonds. The smallest absolute Gasteiger partial charge is 0.137 e. The molecule has 0 fully saturated rings. The van der Waals surface area contributed by atoms with Crippen LogP contribution in [-0.4, -0.2) is 23.1 Å². The molecule has 4 heteroatoms. The molecule has 0 saturated heterocycles. The Morgan fingerprint density at radius 2 is 1.52 bits per heavy atom. The zero-order valence-electron chi connectivity index (χ0n) is 14.5. The van der Waals surface area contributed by atoms with Crippen LogP contribution in [0.3, 0.4) is 0 Å². The Balaban J connectivity index is 3.18. The first kappa shape index (κ1) is 18.2. The fraction of sp³-hybridized carbons (Fsp3) is 0.765. The third-order valence-electron chi connectivity index (χ3n) is 3.59. The fourth-order valence-electron chi connectivity index (χ4n) is 2.14. The van der Waals surface area contributed by atoms with Gasteiger partial charge in [0.25, 0.3) is 0 Å². The van der Waals surface area contributed by atoms with Crippen molar-refractivity contribution in [2.45, 2.75) is 72.6 Å². The first-order valence-corrected chi connectivity index (χ1v) is 8.48. The van der Waals surface area contributed by atoms with E-state index < -0.39 is 0 Å². The van der Waals surface area contributed by atoms with E-state index in [1.54, 1.807) is 0 Å². The molecule has 0 spiro atoms. The zero-order chi connectivity index (χ0) is 16.0. The second kappa shape index (κ2) is 7.98. The van der Waals surface area contributed by atoms with E-state index in [2.05, 4.69) is 44.5 Å². The normalized spacial score (nSPS) is 11.8. The van der Waals surface area contributed by atoms with E-state index in [1.807, 2.05) is 6.92 Å². The van der Waals surface area contributed by atoms with Crippen molar-refractivity contribution in [2.75, 3.05) is 18.0 Å². The molecule has 0 aliphatic rings. The highest BCUT2D eigenvalue weighted by Gasteiger charge is 2.22. The van der Waals surface area contributed by atoms with Gasteiger partial charge in [0.15, 0.2) is 0 Å². The number of aromatic nitrogens is 2. The van der Waals surface area contributed by atoms with Crippen molar-refractivity contribution in [1.29, 1.82) is 0 Å². The average Bonchev–Trinajstić information content (AvgIpc) is 2.41. The fourth-order valence-corrected chi connectivity index (χ4v) is 2.31. The summed E-state index contributed by atoms with van der Waals surface area (Å²) in [6.07, 6.45) is 4.73. The van der Waals surface area contributed by atoms with Crippen LogP contribution in [0.4, 0.5) is 5.82 Å². The van der Waals surface area contributed by atoms with Gasteiger partial charge in [-0.25, -0.2) is 9.97 Å². The molecular weight excluding hydrogens is 282 g/mol. The second-order valence-corrected chi connectivity index (χ2v) is 7.09. The van der Waals surface area contributed by atoms with E-state index >= 15 is 0 Å². The number of hydrogen-bond acceptors (Lipinski definition) is 3. The molecule has 0 atom stereocenters. The van der Waals surface area contributed by atoms with Gasteiger partial charge in [-0.1, -0.05) is 59.1 Å². The van der Waals surface area contributed by atoms with Gasteiger partial charge in [-0.3, -0.25) is 0 Å². The Morgan fingerprint density at radius 1 is 1.00 bits per heavy atom. The quantitative estimate of drug-likeness (QED) is 0.653. The lowest BCUT2D eigenvalue weighted by Crippen LogP contribution is -2.29. The van der Waals surface area contributed by atoms with Crippen molar-refractivity contribution in [3.8, 4) is 0 Å². The summed E-state index contributed by atoms with van der Waals surface area (Å²) in [4.78, 5) is 11.7. The summed E-state index contributed by atoms with van der Waals surface area (Å²) >= 11 is 6.36. The minimum absolute atomic E-state index is 0.0900. The lowest BCUT2D eigenvalue weighted by molar-refractivity contribution is 0.541. The van der Waals surface area contributed by atoms with Crippen molar-refractivity contribution >= 4 is 17.4 Å². The molecule has 3 nitrogen and oxygen atoms in total. The van der Waals surface area contributed by atoms with Crippen LogP contribution in [0.25, 0.3) is 0 Å². The van der Waals surface area contributed by atoms with Crippen LogP contribution in [-0.2, 0) is 5.41 Å². The van der Waals surface area contributed by atoms with Crippen molar-refractivity contribution in [3.05, 3.63) is 16.5 Å². The summed E-state index contributed by atoms with van der Waals surface area (Å²) in [7, 11) is 0. The van der Waals surface area contributed by atoms with Crippen LogP contribution < -0.4 is 4.90 Å². The third-order valence-corrected chi connectivity index (χ3v) is 3.96. The lowest BCUT2D eigenvalue weighted by atomic mass is 9.95. The molecular formula is C17H30ClN3. The number of nitrogens with zero attached hydrogens (tertiary/aromatic N) is 3. The second-order valence-electron chi connectivity index (χ2n) is 6.73. The lowest BCUT2D eigenvalue weighted by Gasteiger charge is -2.27. The molecule has 0 saturated carbocycles. The highest BCUT2D eigenvalue weighted by atomic mass is 35.5. The van der Waals surface area contributed by atoms with E-state index in [-0.39, 0.29) is 5.41 Å². The Kier molecular flexibility index (Phi) is 6.92. The molecule has 0 radical (unpaired) electrons. The number of halogens is 1. The Bertz CT molecular complexity index is 444. The molecule has 0 unspecified atom stereocenters. The SMILES string of the molecule is CCCCN(CCCC)c1nc(C(C)(C)C)nc(Cl)c1C. The molecule has 1 rings (SSSR count). The van der Waals surface area contributed by atoms with Crippen molar-refractivity contribution < 1.29 is 0 Å². The summed E-state index contributed by atoms with van der Waals surface area (Å²) in [6, 6.07) is 0. The summed E-state index contributed by atoms with van der Waals surface area (Å²) in [5, 5.41) is 0.586. The molecule has 21 heavy (non-hydrogen) atoms. The molecule has 0 N–H and O–H groups in total. The molecule has 120 valence electrons. The van der Waals surface area contributed by atoms with Crippen molar-refractivity contribution in [1.82, 2.24) is 9.97 Å². The third kappa shape index (κ3) is 5.14. The molecule has 1 heterocycles. The highest BCUT2D eigenvalue weighted by Crippen LogP contribution is 2.28. The average molecular weight is 312 g/mol. The van der Waals surface area contributed by atoms with E-state index in [1.165, 1.54) is 25.7 Å². The van der Waals surface area contributed by atoms with Crippen LogP contribution >= 0.6 is 11.6 Å². The maximum absolute atomic E-state index is 6.36. The van der Waals surface area contributed by atoms with Crippen molar-refractivity contribution in [3.63, 3.8) is 0 Å². The van der Waals surface area contributed by atoms with Crippen LogP contribution in [0.5, 0.6) is 0 Å². The molecule has 1 aromatic heterocycles. The van der Waals surface area contributed by atoms with Crippen LogP contribution in [0.15, 0.2) is 0 Å². The largest absolute Gasteiger partial charge is 0.356 e. The molecule has 0 aromatic carbocycles. The molecule has 0 aliphatic carbocycles. The Morgan fingerprint density at radius 3 is 1.95 bits per heavy atom. The first-order chi connectivity index (χ1) is 9.81. The molecule has 0 bridgehead atoms. The summed E-state index contributed by atoms with van der Waals surface area (Å²) < 4.78 is 0. The van der Waals surface area contributed by atoms with Crippen molar-refractivity contribution in [2.24, 2.45) is 0 Å². The van der Waals surface area contributed by atoms with Crippen LogP contribution in [0.1, 0.15) is 71.7 Å². The molecule has 0 aliphatic heterocycles. The predicted octanol–water partition coefficient (Wildman–Crippen LogP) is 5.14. The number of anilines is 1. The monoisotopic (exact) mass is 311 g/mol. The summed E-state index contributed by atoms with van der Waals surface area (Å²) in [6.45, 7) is 14.9. The van der Waals surface area contributed by atoms with E-state index in [9.17, 15) is 0 Å². The number of unbranched alkanes of at least 4 members (excludes halogenated alkanes) is 2. The van der Waals surface area contributed by atoms with E-state index in [0.717, 1.165) is 30.3 Å². The standard InChI is InChI=1S/C17H30ClN3/c1-7-9-11-21(12-10-8-2)15-13(3)14(18)19-16(20-15)17(4,5)6/h7-12H2,1-6H3. The number of hydrogen-bond donors (Lipinski definition) is 0. The van der Waals surface area contributed by atoms with Gasteiger partial charge in [0.05, 0.1) is 0 Å². The zero-order valence-corrected chi connectivity index (χ0v) is 15.2. The van der Waals surface area contributed by atoms with Gasteiger partial charge >= 0.3 is 0 Å². The van der Waals surface area contributed by atoms with Gasteiger partial charge in [-0.2, -0.15) is 0 Å². The van der Waals surface area contributed by atoms with Gasteiger partial charge < -0.3 is 4.90 Å². The van der Waals surface area contributed by atoms with Gasteiger partial charge in [-0.05, 0) is 19.8 Å². The van der Waals surface area contributed by atoms with Gasteiger partial charge in [0, 0.05) is 24.1 Å². The predicted molar refractivity (Wildman–Crippen MR) is 92.5 cm³/mol. The van der Waals surface area contributed by atoms with Gasteiger partial charge in [0.2, 0.25) is 0 Å². The van der Waals surface area contributed by atoms with Gasteiger partial charge in [-0.15, -0.1) is 0 Å². The first-order valence-electron chi connectivity index (χ1n) is 8.10. The Hall–Kier alpha value is -0.830. The minimum atomic E-state index is -0.0900. The minimum Gasteiger partial charge on any atom is -0.356 e. The number of rotatable bonds is 7. The van der Waals surface area contributed by atoms with E-state index in [4.69, 9.17) is 16.6 Å². The van der Waals surface area contributed by atoms with Crippen LogP contribution in [0, 0.1) is 6.92 Å². The highest BCUT2D eigenvalue weighted by molar-refractivity contribution is 6.30. The van der Waals surface area contributed by atoms with E-state index in [0.29, 0.717) is 5.15 Å².